The van der Waals surface area contributed by atoms with Gasteiger partial charge >= 0.3 is 0 Å². The van der Waals surface area contributed by atoms with Crippen LogP contribution in [0.1, 0.15) is 10.4 Å². The number of rotatable bonds is 4. The van der Waals surface area contributed by atoms with Crippen LogP contribution in [0.3, 0.4) is 0 Å². The largest absolute Gasteiger partial charge is 0.497 e. The summed E-state index contributed by atoms with van der Waals surface area (Å²) in [4.78, 5) is 31.2. The van der Waals surface area contributed by atoms with Crippen LogP contribution in [-0.4, -0.2) is 28.8 Å². The summed E-state index contributed by atoms with van der Waals surface area (Å²) in [5.74, 6) is -0.693. The highest BCUT2D eigenvalue weighted by Crippen LogP contribution is 2.24. The monoisotopic (exact) mass is 295 g/mol. The Hall–Kier alpha value is -3.15. The summed E-state index contributed by atoms with van der Waals surface area (Å²) >= 11 is 0. The van der Waals surface area contributed by atoms with E-state index < -0.39 is 11.7 Å². The highest BCUT2D eigenvalue weighted by molar-refractivity contribution is 6.48. The lowest BCUT2D eigenvalue weighted by molar-refractivity contribution is -0.112. The second-order valence-corrected chi connectivity index (χ2v) is 4.63. The zero-order chi connectivity index (χ0) is 15.5. The van der Waals surface area contributed by atoms with E-state index in [1.807, 2.05) is 0 Å². The molecule has 0 radical (unpaired) electrons. The number of nitrogens with zero attached hydrogens (tertiary/aromatic N) is 1. The van der Waals surface area contributed by atoms with Crippen LogP contribution in [-0.2, 0) is 4.79 Å². The summed E-state index contributed by atoms with van der Waals surface area (Å²) in [6.45, 7) is 0. The topological polar surface area (TPSA) is 84.1 Å². The minimum atomic E-state index is -0.699. The lowest BCUT2D eigenvalue weighted by atomic mass is 10.1. The Balaban J connectivity index is 1.90. The standard InChI is InChI=1S/C16H13N3O3/c1-22-11-2-3-14-12(8-11)13(9-18-14)15(20)16(21)19-10-4-6-17-7-5-10/h2-9,18H,1H3,(H,17,19,21). The van der Waals surface area contributed by atoms with Gasteiger partial charge in [-0.25, -0.2) is 0 Å². The average molecular weight is 295 g/mol. The molecule has 6 heteroatoms. The molecule has 1 aromatic carbocycles. The number of pyridine rings is 1. The molecule has 0 aliphatic rings. The van der Waals surface area contributed by atoms with Gasteiger partial charge in [-0.2, -0.15) is 0 Å². The zero-order valence-corrected chi connectivity index (χ0v) is 11.8. The Morgan fingerprint density at radius 3 is 2.68 bits per heavy atom. The first-order valence-electron chi connectivity index (χ1n) is 6.60. The first kappa shape index (κ1) is 13.8. The molecule has 0 aliphatic carbocycles. The fraction of sp³-hybridized carbons (Fsp3) is 0.0625. The van der Waals surface area contributed by atoms with E-state index in [1.54, 1.807) is 37.4 Å². The van der Waals surface area contributed by atoms with Crippen LogP contribution in [0, 0.1) is 0 Å². The van der Waals surface area contributed by atoms with Crippen molar-refractivity contribution in [2.75, 3.05) is 12.4 Å². The average Bonchev–Trinajstić information content (AvgIpc) is 2.97. The molecule has 0 aliphatic heterocycles. The lowest BCUT2D eigenvalue weighted by Gasteiger charge is -2.04. The summed E-state index contributed by atoms with van der Waals surface area (Å²) in [5, 5.41) is 3.20. The molecule has 6 nitrogen and oxygen atoms in total. The Morgan fingerprint density at radius 1 is 1.18 bits per heavy atom. The molecule has 0 bridgehead atoms. The van der Waals surface area contributed by atoms with Gasteiger partial charge in [0.25, 0.3) is 11.7 Å². The van der Waals surface area contributed by atoms with Crippen LogP contribution in [0.5, 0.6) is 5.75 Å². The number of ketones is 1. The summed E-state index contributed by atoms with van der Waals surface area (Å²) in [5.41, 5.74) is 1.59. The van der Waals surface area contributed by atoms with Crippen LogP contribution < -0.4 is 10.1 Å². The Bertz CT molecular complexity index is 840. The fourth-order valence-corrected chi connectivity index (χ4v) is 2.16. The number of aromatic nitrogens is 2. The van der Waals surface area contributed by atoms with E-state index in [-0.39, 0.29) is 0 Å². The van der Waals surface area contributed by atoms with Crippen molar-refractivity contribution in [3.05, 3.63) is 54.5 Å². The number of aromatic amines is 1. The molecule has 2 heterocycles. The molecular formula is C16H13N3O3. The molecular weight excluding hydrogens is 282 g/mol. The molecule has 3 aromatic rings. The van der Waals surface area contributed by atoms with Crippen molar-refractivity contribution < 1.29 is 14.3 Å². The minimum Gasteiger partial charge on any atom is -0.497 e. The number of H-pyrrole nitrogens is 1. The summed E-state index contributed by atoms with van der Waals surface area (Å²) in [6, 6.07) is 8.53. The van der Waals surface area contributed by atoms with E-state index >= 15 is 0 Å². The highest BCUT2D eigenvalue weighted by Gasteiger charge is 2.20. The molecule has 1 amide bonds. The van der Waals surface area contributed by atoms with Crippen molar-refractivity contribution >= 4 is 28.3 Å². The van der Waals surface area contributed by atoms with Crippen molar-refractivity contribution in [3.8, 4) is 5.75 Å². The van der Waals surface area contributed by atoms with Crippen molar-refractivity contribution in [2.24, 2.45) is 0 Å². The van der Waals surface area contributed by atoms with Gasteiger partial charge in [-0.05, 0) is 30.3 Å². The van der Waals surface area contributed by atoms with E-state index in [0.717, 1.165) is 5.52 Å². The smallest absolute Gasteiger partial charge is 0.296 e. The van der Waals surface area contributed by atoms with E-state index in [9.17, 15) is 9.59 Å². The number of anilines is 1. The maximum atomic E-state index is 12.3. The van der Waals surface area contributed by atoms with Crippen LogP contribution in [0.25, 0.3) is 10.9 Å². The van der Waals surface area contributed by atoms with Gasteiger partial charge in [0, 0.05) is 35.2 Å². The maximum Gasteiger partial charge on any atom is 0.296 e. The second kappa shape index (κ2) is 5.69. The lowest BCUT2D eigenvalue weighted by Crippen LogP contribution is -2.22. The fourth-order valence-electron chi connectivity index (χ4n) is 2.16. The number of Topliss-reactive ketones (excluding diaryl/α,β-unsaturated/α-hetero) is 1. The van der Waals surface area contributed by atoms with E-state index in [1.165, 1.54) is 18.6 Å². The molecule has 110 valence electrons. The first-order valence-corrected chi connectivity index (χ1v) is 6.60. The van der Waals surface area contributed by atoms with Gasteiger partial charge in [0.05, 0.1) is 12.7 Å². The second-order valence-electron chi connectivity index (χ2n) is 4.63. The normalized spacial score (nSPS) is 10.4. The molecule has 3 rings (SSSR count). The molecule has 0 fully saturated rings. The molecule has 0 saturated heterocycles. The van der Waals surface area contributed by atoms with Crippen LogP contribution >= 0.6 is 0 Å². The SMILES string of the molecule is COc1ccc2[nH]cc(C(=O)C(=O)Nc3ccncc3)c2c1. The summed E-state index contributed by atoms with van der Waals surface area (Å²) in [6.07, 6.45) is 4.60. The van der Waals surface area contributed by atoms with Gasteiger partial charge in [-0.1, -0.05) is 0 Å². The Morgan fingerprint density at radius 2 is 1.95 bits per heavy atom. The quantitative estimate of drug-likeness (QED) is 0.572. The van der Waals surface area contributed by atoms with Crippen molar-refractivity contribution in [3.63, 3.8) is 0 Å². The van der Waals surface area contributed by atoms with Gasteiger partial charge < -0.3 is 15.0 Å². The zero-order valence-electron chi connectivity index (χ0n) is 11.8. The van der Waals surface area contributed by atoms with Crippen LogP contribution in [0.2, 0.25) is 0 Å². The molecule has 0 atom stereocenters. The van der Waals surface area contributed by atoms with Gasteiger partial charge in [0.15, 0.2) is 0 Å². The van der Waals surface area contributed by atoms with Crippen molar-refractivity contribution in [1.82, 2.24) is 9.97 Å². The number of nitrogens with one attached hydrogen (secondary N) is 2. The third-order valence-corrected chi connectivity index (χ3v) is 3.28. The van der Waals surface area contributed by atoms with E-state index in [4.69, 9.17) is 4.74 Å². The predicted octanol–water partition coefficient (Wildman–Crippen LogP) is 2.39. The molecule has 0 spiro atoms. The summed E-state index contributed by atoms with van der Waals surface area (Å²) in [7, 11) is 1.55. The van der Waals surface area contributed by atoms with Gasteiger partial charge in [0.2, 0.25) is 0 Å². The predicted molar refractivity (Wildman–Crippen MR) is 82.0 cm³/mol. The Labute approximate surface area is 126 Å². The maximum absolute atomic E-state index is 12.3. The third-order valence-electron chi connectivity index (χ3n) is 3.28. The molecule has 0 saturated carbocycles. The van der Waals surface area contributed by atoms with E-state index in [0.29, 0.717) is 22.4 Å². The summed E-state index contributed by atoms with van der Waals surface area (Å²) < 4.78 is 5.15. The number of carbonyl (C=O) groups excluding carboxylic acids is 2. The first-order chi connectivity index (χ1) is 10.7. The van der Waals surface area contributed by atoms with E-state index in [2.05, 4.69) is 15.3 Å². The minimum absolute atomic E-state index is 0.306. The number of methoxy groups -OCH3 is 1. The molecule has 0 unspecified atom stereocenters. The van der Waals surface area contributed by atoms with Gasteiger partial charge in [0.1, 0.15) is 5.75 Å². The van der Waals surface area contributed by atoms with Gasteiger partial charge in [-0.15, -0.1) is 0 Å². The number of hydrogen-bond donors (Lipinski definition) is 2. The number of ether oxygens (including phenoxy) is 1. The molecule has 22 heavy (non-hydrogen) atoms. The highest BCUT2D eigenvalue weighted by atomic mass is 16.5. The third kappa shape index (κ3) is 2.54. The van der Waals surface area contributed by atoms with Crippen molar-refractivity contribution in [1.29, 1.82) is 0 Å². The van der Waals surface area contributed by atoms with Crippen LogP contribution in [0.15, 0.2) is 48.9 Å². The number of benzene rings is 1. The number of fused-ring (bicyclic) bond motifs is 1. The Kier molecular flexibility index (Phi) is 3.57. The molecule has 2 N–H and O–H groups in total. The molecule has 2 aromatic heterocycles. The number of carbonyl (C=O) groups is 2. The number of amides is 1. The van der Waals surface area contributed by atoms with Gasteiger partial charge in [-0.3, -0.25) is 14.6 Å². The number of hydrogen-bond acceptors (Lipinski definition) is 4. The van der Waals surface area contributed by atoms with Crippen molar-refractivity contribution in [2.45, 2.75) is 0 Å². The van der Waals surface area contributed by atoms with Crippen LogP contribution in [0.4, 0.5) is 5.69 Å².